The summed E-state index contributed by atoms with van der Waals surface area (Å²) in [6, 6.07) is 8.73. The van der Waals surface area contributed by atoms with Crippen molar-refractivity contribution in [3.8, 4) is 0 Å². The number of nitrogens with one attached hydrogen (secondary N) is 3. The topological polar surface area (TPSA) is 79.5 Å². The summed E-state index contributed by atoms with van der Waals surface area (Å²) in [6.45, 7) is 0.383. The molecule has 1 aromatic carbocycles. The molecule has 0 aliphatic heterocycles. The van der Waals surface area contributed by atoms with E-state index in [1.54, 1.807) is 12.1 Å². The number of carbonyl (C=O) groups is 2. The fraction of sp³-hybridized carbons (Fsp3) is 0.273. The maximum Gasteiger partial charge on any atom is 0.406 e. The Morgan fingerprint density at radius 3 is 2.59 bits per heavy atom. The lowest BCUT2D eigenvalue weighted by atomic mass is 10.3. The van der Waals surface area contributed by atoms with Crippen molar-refractivity contribution < 1.29 is 14.3 Å². The number of ether oxygens (including phenoxy) is 1. The molecule has 3 amide bonds. The summed E-state index contributed by atoms with van der Waals surface area (Å²) in [5.74, 6) is 0. The van der Waals surface area contributed by atoms with Crippen LogP contribution >= 0.6 is 0 Å². The van der Waals surface area contributed by atoms with E-state index in [9.17, 15) is 9.59 Å². The van der Waals surface area contributed by atoms with Crippen LogP contribution in [0.2, 0.25) is 0 Å². The molecule has 1 rings (SSSR count). The molecule has 6 nitrogen and oxygen atoms in total. The second-order valence-corrected chi connectivity index (χ2v) is 3.13. The van der Waals surface area contributed by atoms with Crippen LogP contribution in [0.3, 0.4) is 0 Å². The Kier molecular flexibility index (Phi) is 5.36. The molecule has 0 bridgehead atoms. The van der Waals surface area contributed by atoms with Crippen LogP contribution < -0.4 is 16.0 Å². The molecule has 6 heteroatoms. The van der Waals surface area contributed by atoms with E-state index in [1.807, 2.05) is 18.2 Å². The number of benzene rings is 1. The van der Waals surface area contributed by atoms with Crippen molar-refractivity contribution in [2.45, 2.75) is 0 Å². The summed E-state index contributed by atoms with van der Waals surface area (Å²) in [5, 5.41) is 7.50. The third-order valence-electron chi connectivity index (χ3n) is 1.86. The molecule has 0 aromatic heterocycles. The molecule has 0 atom stereocenters. The summed E-state index contributed by atoms with van der Waals surface area (Å²) in [7, 11) is 1.47. The summed E-state index contributed by atoms with van der Waals surface area (Å²) >= 11 is 0. The summed E-state index contributed by atoms with van der Waals surface area (Å²) in [5.41, 5.74) is 0.706. The van der Waals surface area contributed by atoms with Gasteiger partial charge in [-0.3, -0.25) is 0 Å². The Bertz CT molecular complexity index is 367. The van der Waals surface area contributed by atoms with E-state index < -0.39 is 6.09 Å². The van der Waals surface area contributed by atoms with Gasteiger partial charge >= 0.3 is 12.1 Å². The Morgan fingerprint density at radius 2 is 1.94 bits per heavy atom. The lowest BCUT2D eigenvalue weighted by molar-refractivity contribution is 0.149. The highest BCUT2D eigenvalue weighted by atomic mass is 16.5. The fourth-order valence-corrected chi connectivity index (χ4v) is 1.08. The van der Waals surface area contributed by atoms with E-state index in [-0.39, 0.29) is 19.2 Å². The quantitative estimate of drug-likeness (QED) is 0.687. The molecule has 17 heavy (non-hydrogen) atoms. The summed E-state index contributed by atoms with van der Waals surface area (Å²) in [4.78, 5) is 22.0. The molecule has 0 heterocycles. The van der Waals surface area contributed by atoms with Crippen molar-refractivity contribution >= 4 is 17.8 Å². The van der Waals surface area contributed by atoms with Crippen LogP contribution in [-0.4, -0.2) is 32.3 Å². The van der Waals surface area contributed by atoms with Gasteiger partial charge in [0.05, 0.1) is 6.54 Å². The Labute approximate surface area is 99.3 Å². The summed E-state index contributed by atoms with van der Waals surface area (Å²) < 4.78 is 4.70. The number of alkyl carbamates (subject to hydrolysis) is 1. The lowest BCUT2D eigenvalue weighted by Gasteiger charge is -2.07. The van der Waals surface area contributed by atoms with Gasteiger partial charge in [-0.05, 0) is 12.1 Å². The average molecular weight is 237 g/mol. The van der Waals surface area contributed by atoms with Crippen LogP contribution in [0.1, 0.15) is 0 Å². The number of amides is 3. The predicted molar refractivity (Wildman–Crippen MR) is 63.9 cm³/mol. The lowest BCUT2D eigenvalue weighted by Crippen LogP contribution is -2.33. The zero-order chi connectivity index (χ0) is 12.5. The molecule has 0 saturated carbocycles. The Morgan fingerprint density at radius 1 is 1.24 bits per heavy atom. The molecular weight excluding hydrogens is 222 g/mol. The number of urea groups is 1. The largest absolute Gasteiger partial charge is 0.448 e. The second kappa shape index (κ2) is 7.10. The second-order valence-electron chi connectivity index (χ2n) is 3.13. The van der Waals surface area contributed by atoms with Gasteiger partial charge in [0.1, 0.15) is 6.61 Å². The van der Waals surface area contributed by atoms with Gasteiger partial charge < -0.3 is 20.7 Å². The summed E-state index contributed by atoms with van der Waals surface area (Å²) in [6.07, 6.45) is -0.518. The van der Waals surface area contributed by atoms with Gasteiger partial charge in [0.25, 0.3) is 0 Å². The predicted octanol–water partition coefficient (Wildman–Crippen LogP) is 1.16. The van der Waals surface area contributed by atoms with E-state index in [0.717, 1.165) is 0 Å². The minimum Gasteiger partial charge on any atom is -0.448 e. The van der Waals surface area contributed by atoms with Crippen LogP contribution in [0, 0.1) is 0 Å². The number of para-hydroxylation sites is 1. The zero-order valence-electron chi connectivity index (χ0n) is 9.53. The van der Waals surface area contributed by atoms with Crippen LogP contribution in [-0.2, 0) is 4.74 Å². The average Bonchev–Trinajstić information content (AvgIpc) is 2.35. The number of carbonyl (C=O) groups excluding carboxylic acids is 2. The van der Waals surface area contributed by atoms with Crippen LogP contribution in [0.5, 0.6) is 0 Å². The molecule has 0 aliphatic carbocycles. The van der Waals surface area contributed by atoms with Crippen LogP contribution in [0.15, 0.2) is 30.3 Å². The first-order valence-corrected chi connectivity index (χ1v) is 5.17. The number of rotatable bonds is 4. The standard InChI is InChI=1S/C11H15N3O3/c1-12-11(16)17-8-7-13-10(15)14-9-5-3-2-4-6-9/h2-6H,7-8H2,1H3,(H,12,16)(H2,13,14,15). The van der Waals surface area contributed by atoms with E-state index >= 15 is 0 Å². The molecule has 0 saturated heterocycles. The molecule has 1 aromatic rings. The SMILES string of the molecule is CNC(=O)OCCNC(=O)Nc1ccccc1. The highest BCUT2D eigenvalue weighted by Gasteiger charge is 2.01. The smallest absolute Gasteiger partial charge is 0.406 e. The normalized spacial score (nSPS) is 9.24. The van der Waals surface area contributed by atoms with E-state index in [1.165, 1.54) is 7.05 Å². The van der Waals surface area contributed by atoms with Crippen molar-refractivity contribution in [2.24, 2.45) is 0 Å². The van der Waals surface area contributed by atoms with Crippen molar-refractivity contribution in [1.29, 1.82) is 0 Å². The van der Waals surface area contributed by atoms with E-state index in [2.05, 4.69) is 16.0 Å². The monoisotopic (exact) mass is 237 g/mol. The highest BCUT2D eigenvalue weighted by molar-refractivity contribution is 5.89. The van der Waals surface area contributed by atoms with Gasteiger partial charge in [-0.1, -0.05) is 18.2 Å². The van der Waals surface area contributed by atoms with Gasteiger partial charge in [0, 0.05) is 12.7 Å². The van der Waals surface area contributed by atoms with E-state index in [4.69, 9.17) is 4.74 Å². The molecule has 0 radical (unpaired) electrons. The number of hydrogen-bond donors (Lipinski definition) is 3. The van der Waals surface area contributed by atoms with Crippen molar-refractivity contribution in [1.82, 2.24) is 10.6 Å². The Hall–Kier alpha value is -2.24. The first kappa shape index (κ1) is 12.8. The number of hydrogen-bond acceptors (Lipinski definition) is 3. The Balaban J connectivity index is 2.16. The third-order valence-corrected chi connectivity index (χ3v) is 1.86. The molecule has 3 N–H and O–H groups in total. The molecule has 92 valence electrons. The van der Waals surface area contributed by atoms with Crippen molar-refractivity contribution in [2.75, 3.05) is 25.5 Å². The van der Waals surface area contributed by atoms with Crippen LogP contribution in [0.25, 0.3) is 0 Å². The highest BCUT2D eigenvalue weighted by Crippen LogP contribution is 2.03. The molecule has 0 spiro atoms. The van der Waals surface area contributed by atoms with Crippen molar-refractivity contribution in [3.05, 3.63) is 30.3 Å². The molecule has 0 fully saturated rings. The first-order valence-electron chi connectivity index (χ1n) is 5.17. The number of anilines is 1. The van der Waals surface area contributed by atoms with Gasteiger partial charge in [0.2, 0.25) is 0 Å². The minimum absolute atomic E-state index is 0.127. The maximum atomic E-state index is 11.3. The van der Waals surface area contributed by atoms with Gasteiger partial charge in [-0.15, -0.1) is 0 Å². The van der Waals surface area contributed by atoms with E-state index in [0.29, 0.717) is 5.69 Å². The van der Waals surface area contributed by atoms with Crippen LogP contribution in [0.4, 0.5) is 15.3 Å². The van der Waals surface area contributed by atoms with Gasteiger partial charge in [0.15, 0.2) is 0 Å². The first-order chi connectivity index (χ1) is 8.22. The zero-order valence-corrected chi connectivity index (χ0v) is 9.53. The molecule has 0 unspecified atom stereocenters. The molecular formula is C11H15N3O3. The molecule has 0 aliphatic rings. The van der Waals surface area contributed by atoms with Gasteiger partial charge in [-0.2, -0.15) is 0 Å². The maximum absolute atomic E-state index is 11.3. The van der Waals surface area contributed by atoms with Gasteiger partial charge in [-0.25, -0.2) is 9.59 Å². The minimum atomic E-state index is -0.518. The third kappa shape index (κ3) is 5.41. The fourth-order valence-electron chi connectivity index (χ4n) is 1.08. The van der Waals surface area contributed by atoms with Crippen molar-refractivity contribution in [3.63, 3.8) is 0 Å².